The van der Waals surface area contributed by atoms with Crippen molar-refractivity contribution in [1.82, 2.24) is 3.97 Å². The molecule has 0 radical (unpaired) electrons. The zero-order valence-electron chi connectivity index (χ0n) is 20.4. The highest BCUT2D eigenvalue weighted by atomic mass is 32.2. The number of nitrogens with zero attached hydrogens (tertiary/aromatic N) is 1. The molecule has 37 heavy (non-hydrogen) atoms. The molecule has 0 saturated carbocycles. The van der Waals surface area contributed by atoms with E-state index in [1.54, 1.807) is 54.6 Å². The highest BCUT2D eigenvalue weighted by Gasteiger charge is 2.27. The number of benzene rings is 4. The molecule has 5 rings (SSSR count). The average Bonchev–Trinajstić information content (AvgIpc) is 3.32. The van der Waals surface area contributed by atoms with Crippen molar-refractivity contribution in [2.75, 3.05) is 6.26 Å². The summed E-state index contributed by atoms with van der Waals surface area (Å²) in [6.45, 7) is 2.13. The van der Waals surface area contributed by atoms with Crippen LogP contribution in [0.3, 0.4) is 0 Å². The first-order valence-electron chi connectivity index (χ1n) is 11.6. The fraction of sp³-hybridized carbons (Fsp3) is 0.103. The Labute approximate surface area is 216 Å². The normalized spacial score (nSPS) is 11.6. The molecule has 5 nitrogen and oxygen atoms in total. The largest absolute Gasteiger partial charge is 0.269 e. The van der Waals surface area contributed by atoms with E-state index in [2.05, 4.69) is 31.2 Å². The van der Waals surface area contributed by atoms with Gasteiger partial charge in [-0.2, -0.15) is 0 Å². The lowest BCUT2D eigenvalue weighted by atomic mass is 10.0. The van der Waals surface area contributed by atoms with E-state index in [9.17, 15) is 21.2 Å². The molecule has 5 aromatic rings. The van der Waals surface area contributed by atoms with E-state index in [-0.39, 0.29) is 15.7 Å². The minimum absolute atomic E-state index is 0.0428. The van der Waals surface area contributed by atoms with Crippen LogP contribution in [-0.2, 0) is 26.3 Å². The van der Waals surface area contributed by atoms with Gasteiger partial charge in [-0.1, -0.05) is 79.7 Å². The second-order valence-electron chi connectivity index (χ2n) is 8.45. The first-order chi connectivity index (χ1) is 17.6. The molecule has 4 aromatic carbocycles. The van der Waals surface area contributed by atoms with Crippen molar-refractivity contribution in [3.63, 3.8) is 0 Å². The van der Waals surface area contributed by atoms with Crippen LogP contribution >= 0.6 is 0 Å². The summed E-state index contributed by atoms with van der Waals surface area (Å²) < 4.78 is 63.4. The number of fused-ring (bicyclic) bond motifs is 1. The number of hydrogen-bond donors (Lipinski definition) is 0. The first kappa shape index (κ1) is 26.3. The van der Waals surface area contributed by atoms with Crippen LogP contribution in [0.5, 0.6) is 0 Å². The molecule has 0 aliphatic carbocycles. The van der Waals surface area contributed by atoms with E-state index in [0.717, 1.165) is 27.8 Å². The van der Waals surface area contributed by atoms with Gasteiger partial charge in [-0.25, -0.2) is 25.2 Å². The van der Waals surface area contributed by atoms with Crippen LogP contribution in [0.1, 0.15) is 12.5 Å². The summed E-state index contributed by atoms with van der Waals surface area (Å²) in [4.78, 5) is 0.0428. The standard InChI is InChI=1S/C15H13NO4S2.C14H13F/c1-21(17,18)15-11-12-7-5-6-10-14(12)16(15)22(19,20)13-8-3-2-4-9-13;1-2-11-3-5-12(6-4-11)13-7-9-14(15)10-8-13/h2-11H,1H3;3-10H,2H2,1H3. The second kappa shape index (κ2) is 10.7. The van der Waals surface area contributed by atoms with Crippen LogP contribution in [0.4, 0.5) is 4.39 Å². The Morgan fingerprint density at radius 2 is 1.24 bits per heavy atom. The topological polar surface area (TPSA) is 73.2 Å². The fourth-order valence-corrected chi connectivity index (χ4v) is 6.75. The minimum Gasteiger partial charge on any atom is -0.223 e. The number of rotatable bonds is 5. The molecule has 8 heteroatoms. The van der Waals surface area contributed by atoms with Gasteiger partial charge in [0, 0.05) is 11.6 Å². The molecule has 0 bridgehead atoms. The number of sulfone groups is 1. The molecule has 0 fully saturated rings. The van der Waals surface area contributed by atoms with Gasteiger partial charge in [0.15, 0.2) is 9.84 Å². The lowest BCUT2D eigenvalue weighted by molar-refractivity contribution is 0.576. The van der Waals surface area contributed by atoms with E-state index in [4.69, 9.17) is 0 Å². The Morgan fingerprint density at radius 1 is 0.703 bits per heavy atom. The molecular weight excluding hydrogens is 509 g/mol. The highest BCUT2D eigenvalue weighted by molar-refractivity contribution is 7.93. The maximum absolute atomic E-state index is 12.9. The average molecular weight is 536 g/mol. The molecular formula is C29H26FNO4S2. The van der Waals surface area contributed by atoms with Gasteiger partial charge in [-0.05, 0) is 59.5 Å². The molecule has 0 aliphatic rings. The molecule has 0 N–H and O–H groups in total. The quantitative estimate of drug-likeness (QED) is 0.263. The van der Waals surface area contributed by atoms with Crippen LogP contribution < -0.4 is 0 Å². The Hall–Kier alpha value is -3.75. The van der Waals surface area contributed by atoms with Gasteiger partial charge in [-0.15, -0.1) is 0 Å². The predicted octanol–water partition coefficient (Wildman–Crippen LogP) is 6.34. The smallest absolute Gasteiger partial charge is 0.223 e. The van der Waals surface area contributed by atoms with Crippen LogP contribution in [0.2, 0.25) is 0 Å². The highest BCUT2D eigenvalue weighted by Crippen LogP contribution is 2.28. The maximum atomic E-state index is 12.9. The Balaban J connectivity index is 0.000000186. The van der Waals surface area contributed by atoms with Crippen molar-refractivity contribution in [3.05, 3.63) is 121 Å². The summed E-state index contributed by atoms with van der Waals surface area (Å²) in [5.41, 5.74) is 3.85. The summed E-state index contributed by atoms with van der Waals surface area (Å²) in [6, 6.07) is 30.8. The molecule has 0 aliphatic heterocycles. The van der Waals surface area contributed by atoms with E-state index < -0.39 is 19.9 Å². The lowest BCUT2D eigenvalue weighted by Gasteiger charge is -2.10. The van der Waals surface area contributed by atoms with Crippen LogP contribution in [0.25, 0.3) is 22.0 Å². The van der Waals surface area contributed by atoms with Crippen LogP contribution in [-0.4, -0.2) is 27.1 Å². The summed E-state index contributed by atoms with van der Waals surface area (Å²) in [7, 11) is -7.70. The number of hydrogen-bond acceptors (Lipinski definition) is 4. The van der Waals surface area contributed by atoms with E-state index in [1.807, 2.05) is 0 Å². The number of halogens is 1. The molecule has 1 heterocycles. The number of aromatic nitrogens is 1. The fourth-order valence-electron chi connectivity index (χ4n) is 3.88. The third-order valence-corrected chi connectivity index (χ3v) is 8.75. The molecule has 0 unspecified atom stereocenters. The summed E-state index contributed by atoms with van der Waals surface area (Å²) in [5.74, 6) is -0.191. The zero-order chi connectivity index (χ0) is 26.6. The summed E-state index contributed by atoms with van der Waals surface area (Å²) in [5, 5.41) is 0.319. The Bertz CT molecular complexity index is 1730. The third kappa shape index (κ3) is 5.81. The van der Waals surface area contributed by atoms with Crippen molar-refractivity contribution >= 4 is 30.8 Å². The van der Waals surface area contributed by atoms with Gasteiger partial charge in [0.2, 0.25) is 0 Å². The molecule has 0 amide bonds. The molecule has 0 saturated heterocycles. The second-order valence-corrected chi connectivity index (χ2v) is 12.2. The SMILES string of the molecule is CCc1ccc(-c2ccc(F)cc2)cc1.CS(=O)(=O)c1cc2ccccc2n1S(=O)(=O)c1ccccc1. The van der Waals surface area contributed by atoms with E-state index in [1.165, 1.54) is 35.9 Å². The first-order valence-corrected chi connectivity index (χ1v) is 14.9. The van der Waals surface area contributed by atoms with Gasteiger partial charge < -0.3 is 0 Å². The van der Waals surface area contributed by atoms with Crippen molar-refractivity contribution < 1.29 is 21.2 Å². The molecule has 0 atom stereocenters. The van der Waals surface area contributed by atoms with E-state index in [0.29, 0.717) is 10.9 Å². The summed E-state index contributed by atoms with van der Waals surface area (Å²) >= 11 is 0. The van der Waals surface area contributed by atoms with Crippen molar-refractivity contribution in [2.45, 2.75) is 23.3 Å². The maximum Gasteiger partial charge on any atom is 0.269 e. The Morgan fingerprint density at radius 3 is 1.81 bits per heavy atom. The van der Waals surface area contributed by atoms with Gasteiger partial charge in [0.05, 0.1) is 10.4 Å². The zero-order valence-corrected chi connectivity index (χ0v) is 22.0. The number of aryl methyl sites for hydroxylation is 1. The van der Waals surface area contributed by atoms with Crippen molar-refractivity contribution in [2.24, 2.45) is 0 Å². The number of para-hydroxylation sites is 1. The van der Waals surface area contributed by atoms with Gasteiger partial charge >= 0.3 is 0 Å². The van der Waals surface area contributed by atoms with Crippen LogP contribution in [0.15, 0.2) is 119 Å². The molecule has 190 valence electrons. The minimum atomic E-state index is -4.00. The van der Waals surface area contributed by atoms with Crippen molar-refractivity contribution in [3.8, 4) is 11.1 Å². The Kier molecular flexibility index (Phi) is 7.61. The predicted molar refractivity (Wildman–Crippen MR) is 145 cm³/mol. The van der Waals surface area contributed by atoms with Gasteiger partial charge in [-0.3, -0.25) is 0 Å². The summed E-state index contributed by atoms with van der Waals surface area (Å²) in [6.07, 6.45) is 2.04. The van der Waals surface area contributed by atoms with E-state index >= 15 is 0 Å². The van der Waals surface area contributed by atoms with Gasteiger partial charge in [0.1, 0.15) is 10.8 Å². The molecule has 0 spiro atoms. The third-order valence-electron chi connectivity index (χ3n) is 5.84. The lowest BCUT2D eigenvalue weighted by Crippen LogP contribution is -2.17. The van der Waals surface area contributed by atoms with Gasteiger partial charge in [0.25, 0.3) is 10.0 Å². The monoisotopic (exact) mass is 535 g/mol. The molecule has 1 aromatic heterocycles. The van der Waals surface area contributed by atoms with Crippen LogP contribution in [0, 0.1) is 5.82 Å². The van der Waals surface area contributed by atoms with Crippen molar-refractivity contribution in [1.29, 1.82) is 0 Å².